The third-order valence-electron chi connectivity index (χ3n) is 5.05. The summed E-state index contributed by atoms with van der Waals surface area (Å²) in [7, 11) is 0. The summed E-state index contributed by atoms with van der Waals surface area (Å²) in [5.41, 5.74) is 1.58. The van der Waals surface area contributed by atoms with E-state index >= 15 is 0 Å². The molecule has 1 atom stereocenters. The monoisotopic (exact) mass is 385 g/mol. The molecule has 0 spiro atoms. The number of aromatic nitrogens is 2. The van der Waals surface area contributed by atoms with Gasteiger partial charge in [-0.3, -0.25) is 9.69 Å². The van der Waals surface area contributed by atoms with E-state index in [1.54, 1.807) is 12.1 Å². The van der Waals surface area contributed by atoms with Gasteiger partial charge in [-0.1, -0.05) is 13.8 Å². The number of amides is 1. The molecule has 1 aromatic carbocycles. The Labute approximate surface area is 165 Å². The summed E-state index contributed by atoms with van der Waals surface area (Å²) in [6.45, 7) is 11.3. The highest BCUT2D eigenvalue weighted by atomic mass is 19.1. The van der Waals surface area contributed by atoms with Crippen LogP contribution in [0.25, 0.3) is 0 Å². The molecule has 2 heterocycles. The molecule has 1 fully saturated rings. The molecule has 150 valence electrons. The summed E-state index contributed by atoms with van der Waals surface area (Å²) in [5.74, 6) is 1.71. The number of hydrogen-bond acceptors (Lipinski definition) is 5. The molecule has 0 bridgehead atoms. The zero-order valence-electron chi connectivity index (χ0n) is 16.9. The molecular formula is C21H28FN5O. The molecule has 1 aliphatic rings. The van der Waals surface area contributed by atoms with E-state index < -0.39 is 0 Å². The molecule has 1 amide bonds. The molecule has 0 radical (unpaired) electrons. The minimum atomic E-state index is -0.317. The summed E-state index contributed by atoms with van der Waals surface area (Å²) in [6, 6.07) is 7.59. The minimum Gasteiger partial charge on any atom is -0.354 e. The van der Waals surface area contributed by atoms with Gasteiger partial charge in [0.2, 0.25) is 5.91 Å². The fourth-order valence-electron chi connectivity index (χ4n) is 3.28. The van der Waals surface area contributed by atoms with E-state index in [0.29, 0.717) is 5.69 Å². The molecule has 7 heteroatoms. The maximum absolute atomic E-state index is 13.0. The molecule has 2 aromatic rings. The molecular weight excluding hydrogens is 357 g/mol. The number of nitrogens with zero attached hydrogens (tertiary/aromatic N) is 4. The normalized spacial score (nSPS) is 16.3. The van der Waals surface area contributed by atoms with Gasteiger partial charge in [0.05, 0.1) is 6.04 Å². The topological polar surface area (TPSA) is 61.4 Å². The maximum atomic E-state index is 13.0. The molecule has 0 saturated carbocycles. The van der Waals surface area contributed by atoms with Crippen molar-refractivity contribution in [3.8, 4) is 0 Å². The molecule has 28 heavy (non-hydrogen) atoms. The highest BCUT2D eigenvalue weighted by Gasteiger charge is 2.26. The van der Waals surface area contributed by atoms with Gasteiger partial charge in [-0.15, -0.1) is 0 Å². The predicted octanol–water partition coefficient (Wildman–Crippen LogP) is 3.20. The molecule has 1 aromatic heterocycles. The molecule has 0 aliphatic carbocycles. The van der Waals surface area contributed by atoms with Crippen LogP contribution in [0.1, 0.15) is 38.2 Å². The summed E-state index contributed by atoms with van der Waals surface area (Å²) in [5, 5.41) is 2.85. The number of carbonyl (C=O) groups excluding carboxylic acids is 1. The third-order valence-corrected chi connectivity index (χ3v) is 5.05. The van der Waals surface area contributed by atoms with E-state index in [4.69, 9.17) is 4.98 Å². The van der Waals surface area contributed by atoms with Crippen LogP contribution in [0, 0.1) is 12.7 Å². The van der Waals surface area contributed by atoms with Crippen molar-refractivity contribution < 1.29 is 9.18 Å². The first-order chi connectivity index (χ1) is 13.3. The van der Waals surface area contributed by atoms with Crippen LogP contribution in [-0.4, -0.2) is 53.0 Å². The summed E-state index contributed by atoms with van der Waals surface area (Å²) < 4.78 is 13.0. The highest BCUT2D eigenvalue weighted by Crippen LogP contribution is 2.19. The van der Waals surface area contributed by atoms with Gasteiger partial charge < -0.3 is 10.2 Å². The second-order valence-electron chi connectivity index (χ2n) is 7.58. The lowest BCUT2D eigenvalue weighted by molar-refractivity contribution is -0.120. The number of piperazine rings is 1. The minimum absolute atomic E-state index is 0.0833. The quantitative estimate of drug-likeness (QED) is 0.856. The fraction of sp³-hybridized carbons (Fsp3) is 0.476. The van der Waals surface area contributed by atoms with Crippen molar-refractivity contribution in [2.45, 2.75) is 39.7 Å². The summed E-state index contributed by atoms with van der Waals surface area (Å²) in [6.07, 6.45) is 0. The smallest absolute Gasteiger partial charge is 0.241 e. The van der Waals surface area contributed by atoms with Crippen LogP contribution >= 0.6 is 0 Å². The van der Waals surface area contributed by atoms with Crippen LogP contribution in [0.5, 0.6) is 0 Å². The lowest BCUT2D eigenvalue weighted by Gasteiger charge is -2.38. The van der Waals surface area contributed by atoms with Gasteiger partial charge in [-0.2, -0.15) is 0 Å². The van der Waals surface area contributed by atoms with Crippen molar-refractivity contribution in [3.63, 3.8) is 0 Å². The first-order valence-corrected chi connectivity index (χ1v) is 9.74. The second-order valence-corrected chi connectivity index (χ2v) is 7.58. The Hall–Kier alpha value is -2.54. The molecule has 1 saturated heterocycles. The number of carbonyl (C=O) groups is 1. The molecule has 1 aliphatic heterocycles. The Bertz CT molecular complexity index is 816. The Morgan fingerprint density at radius 1 is 1.07 bits per heavy atom. The van der Waals surface area contributed by atoms with Gasteiger partial charge >= 0.3 is 0 Å². The van der Waals surface area contributed by atoms with Gasteiger partial charge in [-0.25, -0.2) is 14.4 Å². The Morgan fingerprint density at radius 2 is 1.71 bits per heavy atom. The Morgan fingerprint density at radius 3 is 2.32 bits per heavy atom. The number of aryl methyl sites for hydroxylation is 1. The highest BCUT2D eigenvalue weighted by molar-refractivity contribution is 5.94. The number of hydrogen-bond donors (Lipinski definition) is 1. The molecule has 3 rings (SSSR count). The van der Waals surface area contributed by atoms with Gasteiger partial charge in [0, 0.05) is 49.5 Å². The standard InChI is InChI=1S/C21H28FN5O/c1-14(2)20-23-15(3)13-19(25-20)27-11-9-26(10-12-27)16(4)21(28)24-18-7-5-17(22)6-8-18/h5-8,13-14,16H,9-12H2,1-4H3,(H,24,28)/t16-/m0/s1. The number of halogens is 1. The van der Waals surface area contributed by atoms with Crippen molar-refractivity contribution in [1.82, 2.24) is 14.9 Å². The van der Waals surface area contributed by atoms with Crippen molar-refractivity contribution in [2.24, 2.45) is 0 Å². The van der Waals surface area contributed by atoms with E-state index in [1.807, 2.05) is 19.9 Å². The predicted molar refractivity (Wildman–Crippen MR) is 109 cm³/mol. The van der Waals surface area contributed by atoms with E-state index in [0.717, 1.165) is 43.5 Å². The van der Waals surface area contributed by atoms with E-state index in [-0.39, 0.29) is 23.7 Å². The maximum Gasteiger partial charge on any atom is 0.241 e. The second kappa shape index (κ2) is 8.65. The Kier molecular flexibility index (Phi) is 6.24. The van der Waals surface area contributed by atoms with Gasteiger partial charge in [0.15, 0.2) is 0 Å². The summed E-state index contributed by atoms with van der Waals surface area (Å²) >= 11 is 0. The van der Waals surface area contributed by atoms with Gasteiger partial charge in [0.25, 0.3) is 0 Å². The van der Waals surface area contributed by atoms with Crippen LogP contribution < -0.4 is 10.2 Å². The third kappa shape index (κ3) is 4.84. The number of rotatable bonds is 5. The largest absolute Gasteiger partial charge is 0.354 e. The Balaban J connectivity index is 1.58. The van der Waals surface area contributed by atoms with E-state index in [1.165, 1.54) is 12.1 Å². The van der Waals surface area contributed by atoms with Crippen LogP contribution in [0.15, 0.2) is 30.3 Å². The average molecular weight is 385 g/mol. The molecule has 1 N–H and O–H groups in total. The molecule has 6 nitrogen and oxygen atoms in total. The van der Waals surface area contributed by atoms with Crippen molar-refractivity contribution in [2.75, 3.05) is 36.4 Å². The van der Waals surface area contributed by atoms with Gasteiger partial charge in [-0.05, 0) is 38.1 Å². The average Bonchev–Trinajstić information content (AvgIpc) is 2.68. The zero-order chi connectivity index (χ0) is 20.3. The van der Waals surface area contributed by atoms with Crippen molar-refractivity contribution in [3.05, 3.63) is 47.7 Å². The van der Waals surface area contributed by atoms with Crippen LogP contribution in [0.4, 0.5) is 15.9 Å². The van der Waals surface area contributed by atoms with Crippen molar-refractivity contribution >= 4 is 17.4 Å². The lowest BCUT2D eigenvalue weighted by Crippen LogP contribution is -2.53. The van der Waals surface area contributed by atoms with Crippen molar-refractivity contribution in [1.29, 1.82) is 0 Å². The number of benzene rings is 1. The van der Waals surface area contributed by atoms with Crippen LogP contribution in [-0.2, 0) is 4.79 Å². The van der Waals surface area contributed by atoms with Crippen LogP contribution in [0.2, 0.25) is 0 Å². The van der Waals surface area contributed by atoms with Gasteiger partial charge in [0.1, 0.15) is 17.5 Å². The number of anilines is 2. The van der Waals surface area contributed by atoms with E-state index in [2.05, 4.69) is 33.9 Å². The zero-order valence-corrected chi connectivity index (χ0v) is 16.9. The first kappa shape index (κ1) is 20.2. The number of nitrogens with one attached hydrogen (secondary N) is 1. The SMILES string of the molecule is Cc1cc(N2CCN([C@@H](C)C(=O)Nc3ccc(F)cc3)CC2)nc(C(C)C)n1. The lowest BCUT2D eigenvalue weighted by atomic mass is 10.2. The van der Waals surface area contributed by atoms with Crippen LogP contribution in [0.3, 0.4) is 0 Å². The fourth-order valence-corrected chi connectivity index (χ4v) is 3.28. The van der Waals surface area contributed by atoms with E-state index in [9.17, 15) is 9.18 Å². The molecule has 0 unspecified atom stereocenters. The first-order valence-electron chi connectivity index (χ1n) is 9.74. The summed E-state index contributed by atoms with van der Waals surface area (Å²) in [4.78, 5) is 26.2.